The second kappa shape index (κ2) is 7.50. The third-order valence-corrected chi connectivity index (χ3v) is 3.52. The summed E-state index contributed by atoms with van der Waals surface area (Å²) in [7, 11) is 5.61. The smallest absolute Gasteiger partial charge is 0.251 e. The van der Waals surface area contributed by atoms with Crippen molar-refractivity contribution in [3.8, 4) is 5.75 Å². The van der Waals surface area contributed by atoms with Gasteiger partial charge >= 0.3 is 0 Å². The van der Waals surface area contributed by atoms with Crippen LogP contribution < -0.4 is 15.0 Å². The minimum Gasteiger partial charge on any atom is -0.496 e. The molecule has 0 saturated heterocycles. The van der Waals surface area contributed by atoms with Crippen LogP contribution in [0, 0.1) is 0 Å². The quantitative estimate of drug-likeness (QED) is 0.891. The van der Waals surface area contributed by atoms with E-state index in [0.717, 1.165) is 23.4 Å². The van der Waals surface area contributed by atoms with Crippen LogP contribution in [0.3, 0.4) is 0 Å². The van der Waals surface area contributed by atoms with Gasteiger partial charge in [0.1, 0.15) is 5.75 Å². The van der Waals surface area contributed by atoms with Crippen LogP contribution >= 0.6 is 0 Å². The van der Waals surface area contributed by atoms with Crippen LogP contribution in [0.4, 0.5) is 5.69 Å². The molecule has 0 aliphatic heterocycles. The number of para-hydroxylation sites is 1. The number of ether oxygens (including phenoxy) is 1. The average molecular weight is 298 g/mol. The molecule has 0 fully saturated rings. The molecule has 0 spiro atoms. The molecule has 116 valence electrons. The van der Waals surface area contributed by atoms with Crippen LogP contribution in [0.5, 0.6) is 5.75 Å². The number of benzene rings is 2. The van der Waals surface area contributed by atoms with Gasteiger partial charge in [-0.05, 0) is 42.3 Å². The van der Waals surface area contributed by atoms with Crippen molar-refractivity contribution in [3.05, 3.63) is 59.7 Å². The van der Waals surface area contributed by atoms with Gasteiger partial charge in [0, 0.05) is 31.9 Å². The number of methoxy groups -OCH3 is 1. The summed E-state index contributed by atoms with van der Waals surface area (Å²) in [5.74, 6) is 0.798. The lowest BCUT2D eigenvalue weighted by molar-refractivity contribution is 0.0954. The minimum absolute atomic E-state index is 0.0554. The fourth-order valence-electron chi connectivity index (χ4n) is 2.23. The highest BCUT2D eigenvalue weighted by Crippen LogP contribution is 2.17. The molecule has 4 nitrogen and oxygen atoms in total. The predicted molar refractivity (Wildman–Crippen MR) is 89.8 cm³/mol. The van der Waals surface area contributed by atoms with Gasteiger partial charge in [-0.2, -0.15) is 0 Å². The van der Waals surface area contributed by atoms with E-state index in [9.17, 15) is 4.79 Å². The van der Waals surface area contributed by atoms with Crippen LogP contribution in [0.15, 0.2) is 48.5 Å². The molecule has 2 aromatic rings. The molecule has 0 unspecified atom stereocenters. The lowest BCUT2D eigenvalue weighted by Gasteiger charge is -2.13. The third kappa shape index (κ3) is 4.01. The molecule has 4 heteroatoms. The van der Waals surface area contributed by atoms with Crippen LogP contribution in [0.1, 0.15) is 15.9 Å². The normalized spacial score (nSPS) is 10.1. The Balaban J connectivity index is 1.90. The standard InChI is InChI=1S/C18H22N2O2/c1-20(2)16-10-8-15(9-11-16)18(21)19-13-12-14-6-4-5-7-17(14)22-3/h4-11H,12-13H2,1-3H3,(H,19,21). The number of nitrogens with one attached hydrogen (secondary N) is 1. The Morgan fingerprint density at radius 2 is 1.77 bits per heavy atom. The zero-order chi connectivity index (χ0) is 15.9. The van der Waals surface area contributed by atoms with E-state index in [-0.39, 0.29) is 5.91 Å². The molecule has 0 saturated carbocycles. The summed E-state index contributed by atoms with van der Waals surface area (Å²) < 4.78 is 5.31. The van der Waals surface area contributed by atoms with E-state index in [2.05, 4.69) is 5.32 Å². The molecule has 0 bridgehead atoms. The van der Waals surface area contributed by atoms with E-state index in [1.54, 1.807) is 7.11 Å². The second-order valence-electron chi connectivity index (χ2n) is 5.26. The Morgan fingerprint density at radius 3 is 2.41 bits per heavy atom. The SMILES string of the molecule is COc1ccccc1CCNC(=O)c1ccc(N(C)C)cc1. The topological polar surface area (TPSA) is 41.6 Å². The maximum atomic E-state index is 12.1. The molecule has 0 radical (unpaired) electrons. The van der Waals surface area contributed by atoms with Crippen molar-refractivity contribution in [2.45, 2.75) is 6.42 Å². The number of hydrogen-bond acceptors (Lipinski definition) is 3. The minimum atomic E-state index is -0.0554. The highest BCUT2D eigenvalue weighted by molar-refractivity contribution is 5.94. The molecule has 1 N–H and O–H groups in total. The van der Waals surface area contributed by atoms with E-state index in [4.69, 9.17) is 4.74 Å². The lowest BCUT2D eigenvalue weighted by atomic mass is 10.1. The van der Waals surface area contributed by atoms with Gasteiger partial charge in [0.25, 0.3) is 5.91 Å². The van der Waals surface area contributed by atoms with Crippen molar-refractivity contribution >= 4 is 11.6 Å². The van der Waals surface area contributed by atoms with Gasteiger partial charge in [-0.25, -0.2) is 0 Å². The van der Waals surface area contributed by atoms with Crippen LogP contribution in [-0.4, -0.2) is 33.7 Å². The molecule has 0 heterocycles. The van der Waals surface area contributed by atoms with Gasteiger partial charge in [-0.3, -0.25) is 4.79 Å². The summed E-state index contributed by atoms with van der Waals surface area (Å²) in [4.78, 5) is 14.1. The molecular formula is C18H22N2O2. The number of carbonyl (C=O) groups is 1. The molecule has 2 rings (SSSR count). The summed E-state index contributed by atoms with van der Waals surface area (Å²) in [6.45, 7) is 0.578. The Morgan fingerprint density at radius 1 is 1.09 bits per heavy atom. The number of anilines is 1. The number of rotatable bonds is 6. The van der Waals surface area contributed by atoms with Crippen molar-refractivity contribution in [1.29, 1.82) is 0 Å². The van der Waals surface area contributed by atoms with E-state index in [0.29, 0.717) is 12.1 Å². The summed E-state index contributed by atoms with van der Waals surface area (Å²) >= 11 is 0. The van der Waals surface area contributed by atoms with E-state index in [1.807, 2.05) is 67.5 Å². The lowest BCUT2D eigenvalue weighted by Crippen LogP contribution is -2.25. The second-order valence-corrected chi connectivity index (χ2v) is 5.26. The molecule has 22 heavy (non-hydrogen) atoms. The summed E-state index contributed by atoms with van der Waals surface area (Å²) in [5, 5.41) is 2.94. The van der Waals surface area contributed by atoms with Gasteiger partial charge in [0.05, 0.1) is 7.11 Å². The predicted octanol–water partition coefficient (Wildman–Crippen LogP) is 2.73. The Labute approximate surface area is 131 Å². The Kier molecular flexibility index (Phi) is 5.42. The van der Waals surface area contributed by atoms with Gasteiger partial charge in [0.2, 0.25) is 0 Å². The number of nitrogens with zero attached hydrogens (tertiary/aromatic N) is 1. The Hall–Kier alpha value is -2.49. The fraction of sp³-hybridized carbons (Fsp3) is 0.278. The number of hydrogen-bond donors (Lipinski definition) is 1. The van der Waals surface area contributed by atoms with Crippen molar-refractivity contribution in [2.75, 3.05) is 32.6 Å². The summed E-state index contributed by atoms with van der Waals surface area (Å²) in [6.07, 6.45) is 0.742. The van der Waals surface area contributed by atoms with Crippen LogP contribution in [0.2, 0.25) is 0 Å². The Bertz CT molecular complexity index is 621. The van der Waals surface area contributed by atoms with E-state index in [1.165, 1.54) is 0 Å². The van der Waals surface area contributed by atoms with Gasteiger partial charge in [0.15, 0.2) is 0 Å². The number of carbonyl (C=O) groups excluding carboxylic acids is 1. The highest BCUT2D eigenvalue weighted by atomic mass is 16.5. The zero-order valence-electron chi connectivity index (χ0n) is 13.3. The summed E-state index contributed by atoms with van der Waals surface area (Å²) in [6, 6.07) is 15.4. The van der Waals surface area contributed by atoms with E-state index < -0.39 is 0 Å². The number of amides is 1. The molecule has 0 aromatic heterocycles. The first-order valence-electron chi connectivity index (χ1n) is 7.29. The van der Waals surface area contributed by atoms with Crippen molar-refractivity contribution in [2.24, 2.45) is 0 Å². The molecular weight excluding hydrogens is 276 g/mol. The van der Waals surface area contributed by atoms with Crippen molar-refractivity contribution in [1.82, 2.24) is 5.32 Å². The van der Waals surface area contributed by atoms with Gasteiger partial charge in [-0.15, -0.1) is 0 Å². The molecule has 0 aliphatic carbocycles. The van der Waals surface area contributed by atoms with Crippen LogP contribution in [0.25, 0.3) is 0 Å². The monoisotopic (exact) mass is 298 g/mol. The van der Waals surface area contributed by atoms with Gasteiger partial charge in [-0.1, -0.05) is 18.2 Å². The van der Waals surface area contributed by atoms with E-state index >= 15 is 0 Å². The van der Waals surface area contributed by atoms with Gasteiger partial charge < -0.3 is 15.0 Å². The maximum absolute atomic E-state index is 12.1. The first-order valence-corrected chi connectivity index (χ1v) is 7.29. The zero-order valence-corrected chi connectivity index (χ0v) is 13.3. The summed E-state index contributed by atoms with van der Waals surface area (Å²) in [5.41, 5.74) is 2.84. The molecule has 2 aromatic carbocycles. The third-order valence-electron chi connectivity index (χ3n) is 3.52. The first kappa shape index (κ1) is 15.9. The van der Waals surface area contributed by atoms with Crippen LogP contribution in [-0.2, 0) is 6.42 Å². The molecule has 0 aliphatic rings. The van der Waals surface area contributed by atoms with Crippen molar-refractivity contribution in [3.63, 3.8) is 0 Å². The largest absolute Gasteiger partial charge is 0.496 e. The highest BCUT2D eigenvalue weighted by Gasteiger charge is 2.06. The first-order chi connectivity index (χ1) is 10.6. The average Bonchev–Trinajstić information content (AvgIpc) is 2.55. The molecule has 1 amide bonds. The fourth-order valence-corrected chi connectivity index (χ4v) is 2.23. The van der Waals surface area contributed by atoms with Crippen molar-refractivity contribution < 1.29 is 9.53 Å². The molecule has 0 atom stereocenters. The maximum Gasteiger partial charge on any atom is 0.251 e.